The summed E-state index contributed by atoms with van der Waals surface area (Å²) < 4.78 is 39.8. The molecule has 3 nitrogen and oxygen atoms in total. The van der Waals surface area contributed by atoms with Gasteiger partial charge in [-0.1, -0.05) is 57.0 Å². The van der Waals surface area contributed by atoms with Gasteiger partial charge in [0.15, 0.2) is 0 Å². The molecule has 0 radical (unpaired) electrons. The zero-order valence-electron chi connectivity index (χ0n) is 15.2. The Balaban J connectivity index is 2.23. The molecule has 0 fully saturated rings. The number of hydrogen-bond donors (Lipinski definition) is 1. The van der Waals surface area contributed by atoms with Gasteiger partial charge in [0.2, 0.25) is 5.91 Å². The highest BCUT2D eigenvalue weighted by molar-refractivity contribution is 6.19. The van der Waals surface area contributed by atoms with E-state index in [1.807, 2.05) is 19.9 Å². The highest BCUT2D eigenvalue weighted by Gasteiger charge is 2.34. The largest absolute Gasteiger partial charge is 0.416 e. The number of amides is 1. The topological polar surface area (TPSA) is 41.5 Å². The van der Waals surface area contributed by atoms with Crippen molar-refractivity contribution in [1.82, 2.24) is 0 Å². The van der Waals surface area contributed by atoms with Crippen molar-refractivity contribution >= 4 is 17.3 Å². The average Bonchev–Trinajstić information content (AvgIpc) is 2.79. The summed E-state index contributed by atoms with van der Waals surface area (Å²) in [5.74, 6) is -0.268. The van der Waals surface area contributed by atoms with E-state index in [1.165, 1.54) is 6.07 Å². The third kappa shape index (κ3) is 3.89. The molecule has 142 valence electrons. The number of halogens is 3. The molecule has 1 N–H and O–H groups in total. The number of anilines is 1. The molecule has 1 heterocycles. The molecule has 1 aliphatic rings. The zero-order chi connectivity index (χ0) is 19.6. The van der Waals surface area contributed by atoms with Gasteiger partial charge in [-0.25, -0.2) is 0 Å². The molecule has 0 aliphatic carbocycles. The second-order valence-corrected chi connectivity index (χ2v) is 6.61. The highest BCUT2D eigenvalue weighted by Crippen LogP contribution is 2.34. The summed E-state index contributed by atoms with van der Waals surface area (Å²) in [5, 5.41) is 2.78. The van der Waals surface area contributed by atoms with Gasteiger partial charge in [-0.15, -0.1) is 0 Å². The normalized spacial score (nSPS) is 17.2. The van der Waals surface area contributed by atoms with Gasteiger partial charge in [0, 0.05) is 11.1 Å². The Morgan fingerprint density at radius 3 is 2.33 bits per heavy atom. The van der Waals surface area contributed by atoms with Crippen LogP contribution in [-0.2, 0) is 11.0 Å². The van der Waals surface area contributed by atoms with Crippen molar-refractivity contribution in [3.8, 4) is 0 Å². The molecule has 6 heteroatoms. The quantitative estimate of drug-likeness (QED) is 0.775. The number of carbonyl (C=O) groups excluding carboxylic acids is 1. The standard InChI is InChI=1S/C21H21F3N2O/c1-3-13(4-2)19-20(27)25-17-11-10-15(21(22,23)24)12-16(17)18(26-19)14-8-6-5-7-9-14/h5-13,19H,3-4H2,1-2H3,(H,25,27). The Hall–Kier alpha value is -2.63. The fourth-order valence-electron chi connectivity index (χ4n) is 3.38. The summed E-state index contributed by atoms with van der Waals surface area (Å²) in [6.07, 6.45) is -2.96. The van der Waals surface area contributed by atoms with Crippen molar-refractivity contribution < 1.29 is 18.0 Å². The number of fused-ring (bicyclic) bond motifs is 1. The summed E-state index contributed by atoms with van der Waals surface area (Å²) in [7, 11) is 0. The third-order valence-corrected chi connectivity index (χ3v) is 4.94. The van der Waals surface area contributed by atoms with Crippen molar-refractivity contribution in [2.75, 3.05) is 5.32 Å². The second kappa shape index (κ2) is 7.55. The van der Waals surface area contributed by atoms with Crippen LogP contribution in [0, 0.1) is 5.92 Å². The van der Waals surface area contributed by atoms with Gasteiger partial charge in [0.1, 0.15) is 6.04 Å². The summed E-state index contributed by atoms with van der Waals surface area (Å²) >= 11 is 0. The lowest BCUT2D eigenvalue weighted by Gasteiger charge is -2.20. The first-order chi connectivity index (χ1) is 12.8. The molecule has 0 spiro atoms. The van der Waals surface area contributed by atoms with Crippen LogP contribution in [0.5, 0.6) is 0 Å². The van der Waals surface area contributed by atoms with E-state index in [0.29, 0.717) is 17.0 Å². The number of nitrogens with one attached hydrogen (secondary N) is 1. The lowest BCUT2D eigenvalue weighted by molar-refractivity contribution is -0.137. The Kier molecular flexibility index (Phi) is 5.35. The molecule has 0 bridgehead atoms. The number of benzodiazepines with no additional fused rings is 1. The Bertz CT molecular complexity index is 855. The second-order valence-electron chi connectivity index (χ2n) is 6.61. The molecule has 3 rings (SSSR count). The fourth-order valence-corrected chi connectivity index (χ4v) is 3.38. The van der Waals surface area contributed by atoms with Gasteiger partial charge in [0.05, 0.1) is 17.0 Å². The first-order valence-electron chi connectivity index (χ1n) is 9.00. The van der Waals surface area contributed by atoms with Crippen LogP contribution in [0.2, 0.25) is 0 Å². The maximum Gasteiger partial charge on any atom is 0.416 e. The maximum absolute atomic E-state index is 13.3. The average molecular weight is 374 g/mol. The number of nitrogens with zero attached hydrogens (tertiary/aromatic N) is 1. The van der Waals surface area contributed by atoms with Crippen LogP contribution in [0.25, 0.3) is 0 Å². The molecule has 1 amide bonds. The lowest BCUT2D eigenvalue weighted by Crippen LogP contribution is -2.32. The van der Waals surface area contributed by atoms with Gasteiger partial charge in [0.25, 0.3) is 0 Å². The van der Waals surface area contributed by atoms with E-state index in [0.717, 1.165) is 25.0 Å². The molecule has 1 unspecified atom stereocenters. The molecule has 1 atom stereocenters. The van der Waals surface area contributed by atoms with Gasteiger partial charge in [-0.3, -0.25) is 9.79 Å². The maximum atomic E-state index is 13.3. The highest BCUT2D eigenvalue weighted by atomic mass is 19.4. The predicted octanol–water partition coefficient (Wildman–Crippen LogP) is 5.30. The summed E-state index contributed by atoms with van der Waals surface area (Å²) in [6.45, 7) is 3.97. The summed E-state index contributed by atoms with van der Waals surface area (Å²) in [5.41, 5.74) is 0.972. The van der Waals surface area contributed by atoms with Crippen molar-refractivity contribution in [2.24, 2.45) is 10.9 Å². The van der Waals surface area contributed by atoms with E-state index in [1.54, 1.807) is 24.3 Å². The van der Waals surface area contributed by atoms with Gasteiger partial charge in [-0.2, -0.15) is 13.2 Å². The molecule has 2 aromatic rings. The van der Waals surface area contributed by atoms with Crippen LogP contribution in [-0.4, -0.2) is 17.7 Å². The minimum atomic E-state index is -4.47. The number of rotatable bonds is 4. The van der Waals surface area contributed by atoms with E-state index in [9.17, 15) is 18.0 Å². The summed E-state index contributed by atoms with van der Waals surface area (Å²) in [4.78, 5) is 17.4. The van der Waals surface area contributed by atoms with Crippen molar-refractivity contribution in [1.29, 1.82) is 0 Å². The molecule has 1 aliphatic heterocycles. The van der Waals surface area contributed by atoms with Crippen LogP contribution in [0.4, 0.5) is 18.9 Å². The smallest absolute Gasteiger partial charge is 0.324 e. The van der Waals surface area contributed by atoms with Gasteiger partial charge < -0.3 is 5.32 Å². The van der Waals surface area contributed by atoms with E-state index in [-0.39, 0.29) is 17.4 Å². The Labute approximate surface area is 156 Å². The Morgan fingerprint density at radius 1 is 1.07 bits per heavy atom. The molecular weight excluding hydrogens is 353 g/mol. The van der Waals surface area contributed by atoms with Crippen LogP contribution < -0.4 is 5.32 Å². The fraction of sp³-hybridized carbons (Fsp3) is 0.333. The van der Waals surface area contributed by atoms with Crippen LogP contribution in [0.15, 0.2) is 53.5 Å². The van der Waals surface area contributed by atoms with E-state index in [4.69, 9.17) is 0 Å². The molecule has 0 aromatic heterocycles. The SMILES string of the molecule is CCC(CC)C1N=C(c2ccccc2)c2cc(C(F)(F)F)ccc2NC1=O. The monoisotopic (exact) mass is 374 g/mol. The van der Waals surface area contributed by atoms with Crippen LogP contribution in [0.3, 0.4) is 0 Å². The van der Waals surface area contributed by atoms with E-state index < -0.39 is 17.8 Å². The first-order valence-corrected chi connectivity index (χ1v) is 9.00. The summed E-state index contributed by atoms with van der Waals surface area (Å²) in [6, 6.07) is 11.7. The molecule has 2 aromatic carbocycles. The minimum absolute atomic E-state index is 0.0140. The molecular formula is C21H21F3N2O. The number of aliphatic imine (C=N–C) groups is 1. The van der Waals surface area contributed by atoms with Crippen molar-refractivity contribution in [3.05, 3.63) is 65.2 Å². The van der Waals surface area contributed by atoms with E-state index >= 15 is 0 Å². The molecule has 0 saturated heterocycles. The van der Waals surface area contributed by atoms with Crippen molar-refractivity contribution in [3.63, 3.8) is 0 Å². The van der Waals surface area contributed by atoms with Gasteiger partial charge in [-0.05, 0) is 24.1 Å². The van der Waals surface area contributed by atoms with Crippen LogP contribution >= 0.6 is 0 Å². The lowest BCUT2D eigenvalue weighted by atomic mass is 9.93. The number of hydrogen-bond acceptors (Lipinski definition) is 2. The van der Waals surface area contributed by atoms with Gasteiger partial charge >= 0.3 is 6.18 Å². The Morgan fingerprint density at radius 2 is 1.74 bits per heavy atom. The van der Waals surface area contributed by atoms with E-state index in [2.05, 4.69) is 10.3 Å². The first kappa shape index (κ1) is 19.1. The third-order valence-electron chi connectivity index (χ3n) is 4.94. The molecule has 0 saturated carbocycles. The van der Waals surface area contributed by atoms with Crippen LogP contribution in [0.1, 0.15) is 43.4 Å². The predicted molar refractivity (Wildman–Crippen MR) is 100 cm³/mol. The number of carbonyl (C=O) groups is 1. The number of benzene rings is 2. The molecule has 27 heavy (non-hydrogen) atoms. The van der Waals surface area contributed by atoms with Crippen molar-refractivity contribution in [2.45, 2.75) is 38.9 Å². The number of alkyl halides is 3. The zero-order valence-corrected chi connectivity index (χ0v) is 15.2. The minimum Gasteiger partial charge on any atom is -0.324 e.